The molecule has 1 aromatic heterocycles. The quantitative estimate of drug-likeness (QED) is 0.899. The van der Waals surface area contributed by atoms with Gasteiger partial charge in [0.1, 0.15) is 5.56 Å². The third kappa shape index (κ3) is 2.01. The van der Waals surface area contributed by atoms with Crippen molar-refractivity contribution >= 4 is 5.97 Å². The summed E-state index contributed by atoms with van der Waals surface area (Å²) in [5.74, 6) is -0.924. The van der Waals surface area contributed by atoms with E-state index in [0.717, 1.165) is 23.4 Å². The summed E-state index contributed by atoms with van der Waals surface area (Å²) in [5.41, 5.74) is 3.14. The van der Waals surface area contributed by atoms with E-state index in [9.17, 15) is 4.79 Å². The van der Waals surface area contributed by atoms with Crippen LogP contribution in [0.2, 0.25) is 0 Å². The molecule has 0 spiro atoms. The first-order valence-electron chi connectivity index (χ1n) is 6.07. The topological polar surface area (TPSA) is 55.1 Å². The summed E-state index contributed by atoms with van der Waals surface area (Å²) < 4.78 is 1.74. The molecule has 2 aromatic rings. The van der Waals surface area contributed by atoms with Crippen molar-refractivity contribution in [1.29, 1.82) is 0 Å². The summed E-state index contributed by atoms with van der Waals surface area (Å²) >= 11 is 0. The van der Waals surface area contributed by atoms with E-state index in [-0.39, 0.29) is 5.56 Å². The number of aryl methyl sites for hydroxylation is 1. The van der Waals surface area contributed by atoms with Crippen LogP contribution < -0.4 is 0 Å². The Morgan fingerprint density at radius 1 is 1.28 bits per heavy atom. The van der Waals surface area contributed by atoms with E-state index in [1.807, 2.05) is 31.2 Å². The van der Waals surface area contributed by atoms with Crippen molar-refractivity contribution in [2.45, 2.75) is 26.7 Å². The lowest BCUT2D eigenvalue weighted by atomic mass is 10.1. The molecule has 1 heterocycles. The van der Waals surface area contributed by atoms with E-state index in [2.05, 4.69) is 12.0 Å². The molecule has 0 bridgehead atoms. The lowest BCUT2D eigenvalue weighted by Crippen LogP contribution is -2.07. The Morgan fingerprint density at radius 3 is 2.61 bits per heavy atom. The largest absolute Gasteiger partial charge is 0.478 e. The van der Waals surface area contributed by atoms with E-state index in [0.29, 0.717) is 6.42 Å². The van der Waals surface area contributed by atoms with Gasteiger partial charge >= 0.3 is 5.97 Å². The highest BCUT2D eigenvalue weighted by Crippen LogP contribution is 2.19. The van der Waals surface area contributed by atoms with Crippen molar-refractivity contribution in [3.63, 3.8) is 0 Å². The molecule has 94 valence electrons. The Hall–Kier alpha value is -2.10. The summed E-state index contributed by atoms with van der Waals surface area (Å²) in [5, 5.41) is 13.4. The number of hydrogen-bond acceptors (Lipinski definition) is 2. The van der Waals surface area contributed by atoms with Crippen LogP contribution in [0.1, 0.15) is 35.5 Å². The lowest BCUT2D eigenvalue weighted by Gasteiger charge is -2.10. The van der Waals surface area contributed by atoms with Crippen LogP contribution in [0.4, 0.5) is 0 Å². The van der Waals surface area contributed by atoms with Crippen molar-refractivity contribution in [2.75, 3.05) is 0 Å². The van der Waals surface area contributed by atoms with Crippen LogP contribution in [0.15, 0.2) is 30.5 Å². The Bertz CT molecular complexity index is 573. The Balaban J connectivity index is 2.61. The zero-order valence-corrected chi connectivity index (χ0v) is 10.6. The second-order valence-electron chi connectivity index (χ2n) is 4.06. The van der Waals surface area contributed by atoms with Crippen LogP contribution in [0, 0.1) is 0 Å². The molecule has 0 radical (unpaired) electrons. The Morgan fingerprint density at radius 2 is 2.00 bits per heavy atom. The van der Waals surface area contributed by atoms with Gasteiger partial charge in [0.15, 0.2) is 0 Å². The van der Waals surface area contributed by atoms with E-state index < -0.39 is 5.97 Å². The fourth-order valence-electron chi connectivity index (χ4n) is 2.12. The average molecular weight is 244 g/mol. The van der Waals surface area contributed by atoms with Gasteiger partial charge in [-0.2, -0.15) is 5.10 Å². The fourth-order valence-corrected chi connectivity index (χ4v) is 2.12. The van der Waals surface area contributed by atoms with E-state index in [1.165, 1.54) is 6.20 Å². The van der Waals surface area contributed by atoms with Gasteiger partial charge in [-0.3, -0.25) is 0 Å². The smallest absolute Gasteiger partial charge is 0.339 e. The number of para-hydroxylation sites is 1. The van der Waals surface area contributed by atoms with Gasteiger partial charge in [0.25, 0.3) is 0 Å². The summed E-state index contributed by atoms with van der Waals surface area (Å²) in [6.07, 6.45) is 2.95. The molecule has 0 atom stereocenters. The highest BCUT2D eigenvalue weighted by molar-refractivity contribution is 5.88. The number of aromatic carboxylic acids is 1. The van der Waals surface area contributed by atoms with Crippen molar-refractivity contribution in [3.8, 4) is 5.69 Å². The van der Waals surface area contributed by atoms with Gasteiger partial charge in [0.05, 0.1) is 17.6 Å². The van der Waals surface area contributed by atoms with Gasteiger partial charge < -0.3 is 5.11 Å². The van der Waals surface area contributed by atoms with Crippen LogP contribution in [0.3, 0.4) is 0 Å². The van der Waals surface area contributed by atoms with Crippen LogP contribution in [0.25, 0.3) is 5.69 Å². The molecule has 0 aliphatic rings. The first kappa shape index (κ1) is 12.4. The molecular weight excluding hydrogens is 228 g/mol. The molecular formula is C14H16N2O2. The summed E-state index contributed by atoms with van der Waals surface area (Å²) in [7, 11) is 0. The molecule has 18 heavy (non-hydrogen) atoms. The van der Waals surface area contributed by atoms with Crippen LogP contribution in [-0.4, -0.2) is 20.9 Å². The maximum atomic E-state index is 11.1. The van der Waals surface area contributed by atoms with Gasteiger partial charge in [0, 0.05) is 0 Å². The second kappa shape index (κ2) is 5.04. The maximum Gasteiger partial charge on any atom is 0.339 e. The van der Waals surface area contributed by atoms with Crippen LogP contribution in [0.5, 0.6) is 0 Å². The number of hydrogen-bond donors (Lipinski definition) is 1. The molecule has 0 fully saturated rings. The zero-order chi connectivity index (χ0) is 13.1. The molecule has 1 aromatic carbocycles. The van der Waals surface area contributed by atoms with Crippen molar-refractivity contribution in [1.82, 2.24) is 9.78 Å². The standard InChI is InChI=1S/C14H16N2O2/c1-3-10-7-5-6-8-13(10)16-12(4-2)11(9-15-16)14(17)18/h5-9H,3-4H2,1-2H3,(H,17,18). The third-order valence-corrected chi connectivity index (χ3v) is 3.03. The second-order valence-corrected chi connectivity index (χ2v) is 4.06. The highest BCUT2D eigenvalue weighted by atomic mass is 16.4. The van der Waals surface area contributed by atoms with Crippen LogP contribution in [-0.2, 0) is 12.8 Å². The predicted octanol–water partition coefficient (Wildman–Crippen LogP) is 2.70. The normalized spacial score (nSPS) is 10.6. The SMILES string of the molecule is CCc1ccccc1-n1ncc(C(=O)O)c1CC. The van der Waals surface area contributed by atoms with Crippen molar-refractivity contribution in [2.24, 2.45) is 0 Å². The minimum absolute atomic E-state index is 0.281. The zero-order valence-electron chi connectivity index (χ0n) is 10.6. The van der Waals surface area contributed by atoms with Gasteiger partial charge in [-0.1, -0.05) is 32.0 Å². The number of carboxylic acids is 1. The molecule has 4 heteroatoms. The van der Waals surface area contributed by atoms with Gasteiger partial charge in [-0.25, -0.2) is 9.48 Å². The fraction of sp³-hybridized carbons (Fsp3) is 0.286. The summed E-state index contributed by atoms with van der Waals surface area (Å²) in [6.45, 7) is 4.01. The van der Waals surface area contributed by atoms with Gasteiger partial charge in [-0.15, -0.1) is 0 Å². The molecule has 0 saturated heterocycles. The van der Waals surface area contributed by atoms with Crippen molar-refractivity contribution in [3.05, 3.63) is 47.3 Å². The Labute approximate surface area is 106 Å². The number of nitrogens with zero attached hydrogens (tertiary/aromatic N) is 2. The molecule has 0 saturated carbocycles. The molecule has 0 unspecified atom stereocenters. The molecule has 4 nitrogen and oxygen atoms in total. The third-order valence-electron chi connectivity index (χ3n) is 3.03. The first-order valence-corrected chi connectivity index (χ1v) is 6.07. The molecule has 0 aliphatic carbocycles. The minimum Gasteiger partial charge on any atom is -0.478 e. The molecule has 1 N–H and O–H groups in total. The number of benzene rings is 1. The summed E-state index contributed by atoms with van der Waals surface area (Å²) in [6, 6.07) is 7.93. The first-order chi connectivity index (χ1) is 8.69. The van der Waals surface area contributed by atoms with Crippen LogP contribution >= 0.6 is 0 Å². The van der Waals surface area contributed by atoms with E-state index in [1.54, 1.807) is 4.68 Å². The molecule has 2 rings (SSSR count). The number of carbonyl (C=O) groups is 1. The number of carboxylic acid groups (broad SMARTS) is 1. The Kier molecular flexibility index (Phi) is 3.46. The predicted molar refractivity (Wildman–Crippen MR) is 69.3 cm³/mol. The molecule has 0 aliphatic heterocycles. The maximum absolute atomic E-state index is 11.1. The van der Waals surface area contributed by atoms with Crippen molar-refractivity contribution < 1.29 is 9.90 Å². The number of rotatable bonds is 4. The lowest BCUT2D eigenvalue weighted by molar-refractivity contribution is 0.0695. The number of aromatic nitrogens is 2. The van der Waals surface area contributed by atoms with Gasteiger partial charge in [-0.05, 0) is 24.5 Å². The highest BCUT2D eigenvalue weighted by Gasteiger charge is 2.17. The molecule has 0 amide bonds. The monoisotopic (exact) mass is 244 g/mol. The van der Waals surface area contributed by atoms with Gasteiger partial charge in [0.2, 0.25) is 0 Å². The average Bonchev–Trinajstić information content (AvgIpc) is 2.82. The van der Waals surface area contributed by atoms with E-state index >= 15 is 0 Å². The summed E-state index contributed by atoms with van der Waals surface area (Å²) in [4.78, 5) is 11.1. The van der Waals surface area contributed by atoms with E-state index in [4.69, 9.17) is 5.11 Å². The minimum atomic E-state index is -0.924.